The maximum atomic E-state index is 11.6. The fourth-order valence-electron chi connectivity index (χ4n) is 1.51. The highest BCUT2D eigenvalue weighted by atomic mass is 79.9. The minimum absolute atomic E-state index is 0.00429. The molecule has 0 aromatic heterocycles. The largest absolute Gasteiger partial charge is 0.497 e. The van der Waals surface area contributed by atoms with Crippen LogP contribution in [0, 0.1) is 5.92 Å². The molecule has 0 atom stereocenters. The van der Waals surface area contributed by atoms with Gasteiger partial charge in [-0.3, -0.25) is 4.79 Å². The van der Waals surface area contributed by atoms with E-state index < -0.39 is 0 Å². The van der Waals surface area contributed by atoms with Crippen molar-refractivity contribution in [2.75, 3.05) is 25.5 Å². The van der Waals surface area contributed by atoms with Gasteiger partial charge in [-0.2, -0.15) is 0 Å². The molecule has 1 rings (SSSR count). The molecule has 0 aliphatic carbocycles. The standard InChI is InChI=1S/C14H21BrN2O2/c1-10(2)6-7-16-14(18)9-17-13-8-11(19-3)4-5-12(13)15/h4-5,8,10,17H,6-7,9H2,1-3H3,(H,16,18). The molecule has 0 bridgehead atoms. The first kappa shape index (κ1) is 15.8. The van der Waals surface area contributed by atoms with Gasteiger partial charge in [-0.15, -0.1) is 0 Å². The van der Waals surface area contributed by atoms with E-state index in [1.807, 2.05) is 18.2 Å². The molecule has 5 heteroatoms. The van der Waals surface area contributed by atoms with Crippen LogP contribution < -0.4 is 15.4 Å². The molecule has 0 spiro atoms. The highest BCUT2D eigenvalue weighted by Gasteiger charge is 2.05. The molecule has 4 nitrogen and oxygen atoms in total. The van der Waals surface area contributed by atoms with Crippen LogP contribution in [0.1, 0.15) is 20.3 Å². The van der Waals surface area contributed by atoms with E-state index in [0.29, 0.717) is 5.92 Å². The Labute approximate surface area is 123 Å². The van der Waals surface area contributed by atoms with Gasteiger partial charge in [0.15, 0.2) is 0 Å². The molecule has 2 N–H and O–H groups in total. The number of rotatable bonds is 7. The fourth-order valence-corrected chi connectivity index (χ4v) is 1.89. The summed E-state index contributed by atoms with van der Waals surface area (Å²) in [5.74, 6) is 1.35. The molecule has 0 radical (unpaired) electrons. The Bertz CT molecular complexity index is 422. The number of carbonyl (C=O) groups excluding carboxylic acids is 1. The second-order valence-corrected chi connectivity index (χ2v) is 5.59. The molecule has 0 aliphatic heterocycles. The number of hydrogen-bond acceptors (Lipinski definition) is 3. The monoisotopic (exact) mass is 328 g/mol. The van der Waals surface area contributed by atoms with E-state index in [9.17, 15) is 4.79 Å². The Hall–Kier alpha value is -1.23. The summed E-state index contributed by atoms with van der Waals surface area (Å²) in [6.07, 6.45) is 0.995. The lowest BCUT2D eigenvalue weighted by molar-refractivity contribution is -0.119. The lowest BCUT2D eigenvalue weighted by Crippen LogP contribution is -2.31. The predicted molar refractivity (Wildman–Crippen MR) is 81.6 cm³/mol. The van der Waals surface area contributed by atoms with Crippen LogP contribution in [0.2, 0.25) is 0 Å². The van der Waals surface area contributed by atoms with Gasteiger partial charge in [-0.05, 0) is 40.4 Å². The van der Waals surface area contributed by atoms with Gasteiger partial charge in [0.05, 0.1) is 19.3 Å². The average molecular weight is 329 g/mol. The molecule has 0 aliphatic rings. The van der Waals surface area contributed by atoms with Crippen molar-refractivity contribution in [2.24, 2.45) is 5.92 Å². The highest BCUT2D eigenvalue weighted by Crippen LogP contribution is 2.26. The molecule has 106 valence electrons. The van der Waals surface area contributed by atoms with Crippen LogP contribution in [0.4, 0.5) is 5.69 Å². The van der Waals surface area contributed by atoms with Gasteiger partial charge in [0, 0.05) is 17.1 Å². The van der Waals surface area contributed by atoms with Crippen molar-refractivity contribution in [1.82, 2.24) is 5.32 Å². The van der Waals surface area contributed by atoms with Gasteiger partial charge in [0.25, 0.3) is 0 Å². The quantitative estimate of drug-likeness (QED) is 0.808. The molecule has 0 heterocycles. The Morgan fingerprint density at radius 3 is 2.79 bits per heavy atom. The number of ether oxygens (including phenoxy) is 1. The minimum atomic E-state index is -0.00429. The van der Waals surface area contributed by atoms with Crippen molar-refractivity contribution in [3.63, 3.8) is 0 Å². The summed E-state index contributed by atoms with van der Waals surface area (Å²) < 4.78 is 6.05. The Morgan fingerprint density at radius 1 is 1.42 bits per heavy atom. The third kappa shape index (κ3) is 5.96. The van der Waals surface area contributed by atoms with E-state index in [0.717, 1.165) is 28.9 Å². The number of halogens is 1. The Morgan fingerprint density at radius 2 is 2.16 bits per heavy atom. The zero-order valence-corrected chi connectivity index (χ0v) is 13.2. The minimum Gasteiger partial charge on any atom is -0.497 e. The number of anilines is 1. The van der Waals surface area contributed by atoms with Crippen LogP contribution in [0.5, 0.6) is 5.75 Å². The molecular weight excluding hydrogens is 308 g/mol. The normalized spacial score (nSPS) is 10.4. The summed E-state index contributed by atoms with van der Waals surface area (Å²) >= 11 is 3.43. The van der Waals surface area contributed by atoms with E-state index in [1.165, 1.54) is 0 Å². The lowest BCUT2D eigenvalue weighted by Gasteiger charge is -2.11. The van der Waals surface area contributed by atoms with Crippen molar-refractivity contribution >= 4 is 27.5 Å². The van der Waals surface area contributed by atoms with Gasteiger partial charge < -0.3 is 15.4 Å². The van der Waals surface area contributed by atoms with E-state index >= 15 is 0 Å². The molecular formula is C14H21BrN2O2. The Balaban J connectivity index is 2.41. The molecule has 0 fully saturated rings. The zero-order valence-electron chi connectivity index (χ0n) is 11.6. The van der Waals surface area contributed by atoms with Gasteiger partial charge in [0.2, 0.25) is 5.91 Å². The first-order valence-corrected chi connectivity index (χ1v) is 7.16. The van der Waals surface area contributed by atoms with Crippen LogP contribution in [0.15, 0.2) is 22.7 Å². The number of nitrogens with one attached hydrogen (secondary N) is 2. The van der Waals surface area contributed by atoms with Crippen molar-refractivity contribution in [3.8, 4) is 5.75 Å². The van der Waals surface area contributed by atoms with Gasteiger partial charge in [-0.25, -0.2) is 0 Å². The number of methoxy groups -OCH3 is 1. The molecule has 19 heavy (non-hydrogen) atoms. The van der Waals surface area contributed by atoms with Crippen molar-refractivity contribution in [3.05, 3.63) is 22.7 Å². The SMILES string of the molecule is COc1ccc(Br)c(NCC(=O)NCCC(C)C)c1. The number of hydrogen-bond donors (Lipinski definition) is 2. The maximum Gasteiger partial charge on any atom is 0.239 e. The number of carbonyl (C=O) groups is 1. The van der Waals surface area contributed by atoms with Crippen molar-refractivity contribution in [1.29, 1.82) is 0 Å². The summed E-state index contributed by atoms with van der Waals surface area (Å²) in [6, 6.07) is 5.60. The number of benzene rings is 1. The van der Waals surface area contributed by atoms with Crippen molar-refractivity contribution in [2.45, 2.75) is 20.3 Å². The van der Waals surface area contributed by atoms with E-state index in [-0.39, 0.29) is 12.5 Å². The maximum absolute atomic E-state index is 11.6. The first-order chi connectivity index (χ1) is 9.02. The smallest absolute Gasteiger partial charge is 0.239 e. The summed E-state index contributed by atoms with van der Waals surface area (Å²) in [6.45, 7) is 5.25. The summed E-state index contributed by atoms with van der Waals surface area (Å²) in [7, 11) is 1.62. The van der Waals surface area contributed by atoms with Crippen LogP contribution in [-0.2, 0) is 4.79 Å². The summed E-state index contributed by atoms with van der Waals surface area (Å²) in [4.78, 5) is 11.6. The molecule has 1 amide bonds. The Kier molecular flexibility index (Phi) is 6.70. The zero-order chi connectivity index (χ0) is 14.3. The summed E-state index contributed by atoms with van der Waals surface area (Å²) in [5.41, 5.74) is 0.846. The van der Waals surface area contributed by atoms with Gasteiger partial charge in [-0.1, -0.05) is 13.8 Å². The molecule has 0 saturated heterocycles. The average Bonchev–Trinajstić information content (AvgIpc) is 2.37. The van der Waals surface area contributed by atoms with Gasteiger partial charge in [0.1, 0.15) is 5.75 Å². The number of amides is 1. The van der Waals surface area contributed by atoms with Crippen LogP contribution in [0.3, 0.4) is 0 Å². The lowest BCUT2D eigenvalue weighted by atomic mass is 10.1. The third-order valence-corrected chi connectivity index (χ3v) is 3.35. The van der Waals surface area contributed by atoms with Crippen LogP contribution >= 0.6 is 15.9 Å². The molecule has 0 unspecified atom stereocenters. The van der Waals surface area contributed by atoms with E-state index in [1.54, 1.807) is 7.11 Å². The second kappa shape index (κ2) is 8.04. The molecule has 1 aromatic rings. The molecule has 0 saturated carbocycles. The van der Waals surface area contributed by atoms with E-state index in [2.05, 4.69) is 40.4 Å². The van der Waals surface area contributed by atoms with Crippen LogP contribution in [-0.4, -0.2) is 26.1 Å². The summed E-state index contributed by atoms with van der Waals surface area (Å²) in [5, 5.41) is 5.97. The topological polar surface area (TPSA) is 50.4 Å². The van der Waals surface area contributed by atoms with Crippen LogP contribution in [0.25, 0.3) is 0 Å². The predicted octanol–water partition coefficient (Wildman–Crippen LogP) is 3.03. The van der Waals surface area contributed by atoms with Gasteiger partial charge >= 0.3 is 0 Å². The first-order valence-electron chi connectivity index (χ1n) is 6.37. The van der Waals surface area contributed by atoms with E-state index in [4.69, 9.17) is 4.74 Å². The van der Waals surface area contributed by atoms with Crippen molar-refractivity contribution < 1.29 is 9.53 Å². The fraction of sp³-hybridized carbons (Fsp3) is 0.500. The second-order valence-electron chi connectivity index (χ2n) is 4.73. The highest BCUT2D eigenvalue weighted by molar-refractivity contribution is 9.10. The third-order valence-electron chi connectivity index (χ3n) is 2.66. The molecule has 1 aromatic carbocycles.